The van der Waals surface area contributed by atoms with Crippen molar-refractivity contribution in [1.82, 2.24) is 14.4 Å². The van der Waals surface area contributed by atoms with Gasteiger partial charge >= 0.3 is 0 Å². The van der Waals surface area contributed by atoms with Crippen LogP contribution in [0.4, 0.5) is 4.39 Å². The fourth-order valence-electron chi connectivity index (χ4n) is 3.64. The molecule has 26 heavy (non-hydrogen) atoms. The lowest BCUT2D eigenvalue weighted by atomic mass is 10.2. The highest BCUT2D eigenvalue weighted by Gasteiger charge is 2.25. The molecule has 1 aromatic heterocycles. The lowest BCUT2D eigenvalue weighted by molar-refractivity contribution is 0.0619. The van der Waals surface area contributed by atoms with E-state index in [4.69, 9.17) is 0 Å². The van der Waals surface area contributed by atoms with Gasteiger partial charge < -0.3 is 9.47 Å². The van der Waals surface area contributed by atoms with Gasteiger partial charge in [0, 0.05) is 45.2 Å². The number of carbonyl (C=O) groups excluding carboxylic acids is 1. The van der Waals surface area contributed by atoms with Gasteiger partial charge in [-0.05, 0) is 23.8 Å². The number of benzene rings is 2. The quantitative estimate of drug-likeness (QED) is 0.725. The van der Waals surface area contributed by atoms with Gasteiger partial charge in [-0.25, -0.2) is 4.39 Å². The SMILES string of the molecule is Cn1c(C(=O)N2CCN(Cc3ccccc3)CC2)cc2c(F)cccc21. The van der Waals surface area contributed by atoms with E-state index in [-0.39, 0.29) is 11.7 Å². The van der Waals surface area contributed by atoms with Crippen LogP contribution in [-0.4, -0.2) is 46.5 Å². The smallest absolute Gasteiger partial charge is 0.270 e. The van der Waals surface area contributed by atoms with Crippen LogP contribution in [0.2, 0.25) is 0 Å². The number of hydrogen-bond acceptors (Lipinski definition) is 2. The molecule has 134 valence electrons. The summed E-state index contributed by atoms with van der Waals surface area (Å²) < 4.78 is 15.8. The number of aryl methyl sites for hydroxylation is 1. The van der Waals surface area contributed by atoms with Crippen molar-refractivity contribution in [3.8, 4) is 0 Å². The molecule has 0 spiro atoms. The molecule has 0 saturated carbocycles. The summed E-state index contributed by atoms with van der Waals surface area (Å²) in [7, 11) is 1.82. The first-order valence-corrected chi connectivity index (χ1v) is 8.93. The summed E-state index contributed by atoms with van der Waals surface area (Å²) in [5.41, 5.74) is 2.58. The van der Waals surface area contributed by atoms with Crippen molar-refractivity contribution in [2.75, 3.05) is 26.2 Å². The standard InChI is InChI=1S/C21H22FN3O/c1-23-19-9-5-8-18(22)17(19)14-20(23)21(26)25-12-10-24(11-13-25)15-16-6-3-2-4-7-16/h2-9,14H,10-13,15H2,1H3. The Kier molecular flexibility index (Phi) is 4.47. The molecule has 4 nitrogen and oxygen atoms in total. The van der Waals surface area contributed by atoms with E-state index in [1.54, 1.807) is 16.7 Å². The van der Waals surface area contributed by atoms with E-state index in [0.29, 0.717) is 24.2 Å². The third-order valence-electron chi connectivity index (χ3n) is 5.16. The van der Waals surface area contributed by atoms with E-state index < -0.39 is 0 Å². The molecule has 2 aromatic carbocycles. The number of halogens is 1. The summed E-state index contributed by atoms with van der Waals surface area (Å²) in [5.74, 6) is -0.313. The summed E-state index contributed by atoms with van der Waals surface area (Å²) in [5, 5.41) is 0.501. The first-order chi connectivity index (χ1) is 12.6. The highest BCUT2D eigenvalue weighted by Crippen LogP contribution is 2.23. The van der Waals surface area contributed by atoms with E-state index >= 15 is 0 Å². The average molecular weight is 351 g/mol. The van der Waals surface area contributed by atoms with E-state index in [1.165, 1.54) is 11.6 Å². The minimum atomic E-state index is -0.287. The molecule has 0 unspecified atom stereocenters. The summed E-state index contributed by atoms with van der Waals surface area (Å²) in [6.45, 7) is 3.98. The fraction of sp³-hybridized carbons (Fsp3) is 0.286. The Hall–Kier alpha value is -2.66. The fourth-order valence-corrected chi connectivity index (χ4v) is 3.64. The van der Waals surface area contributed by atoms with Crippen molar-refractivity contribution in [1.29, 1.82) is 0 Å². The number of piperazine rings is 1. The van der Waals surface area contributed by atoms with Crippen LogP contribution in [0.15, 0.2) is 54.6 Å². The van der Waals surface area contributed by atoms with E-state index in [2.05, 4.69) is 17.0 Å². The van der Waals surface area contributed by atoms with Crippen LogP contribution in [0.3, 0.4) is 0 Å². The van der Waals surface area contributed by atoms with Gasteiger partial charge in [-0.1, -0.05) is 36.4 Å². The Morgan fingerprint density at radius 1 is 1.00 bits per heavy atom. The number of fused-ring (bicyclic) bond motifs is 1. The molecule has 1 saturated heterocycles. The van der Waals surface area contributed by atoms with Crippen LogP contribution < -0.4 is 0 Å². The van der Waals surface area contributed by atoms with Gasteiger partial charge in [0.15, 0.2) is 0 Å². The molecule has 0 N–H and O–H groups in total. The van der Waals surface area contributed by atoms with E-state index in [0.717, 1.165) is 25.2 Å². The number of amides is 1. The Labute approximate surface area is 152 Å². The Balaban J connectivity index is 1.45. The van der Waals surface area contributed by atoms with Gasteiger partial charge in [0.05, 0.1) is 5.52 Å². The van der Waals surface area contributed by atoms with E-state index in [9.17, 15) is 9.18 Å². The molecular weight excluding hydrogens is 329 g/mol. The molecule has 0 atom stereocenters. The van der Waals surface area contributed by atoms with Crippen molar-refractivity contribution in [2.24, 2.45) is 7.05 Å². The van der Waals surface area contributed by atoms with Crippen LogP contribution in [0.5, 0.6) is 0 Å². The molecule has 1 fully saturated rings. The zero-order valence-corrected chi connectivity index (χ0v) is 14.9. The molecule has 2 heterocycles. The molecule has 3 aromatic rings. The predicted octanol–water partition coefficient (Wildman–Crippen LogP) is 3.28. The van der Waals surface area contributed by atoms with Crippen LogP contribution in [-0.2, 0) is 13.6 Å². The maximum Gasteiger partial charge on any atom is 0.270 e. The lowest BCUT2D eigenvalue weighted by Gasteiger charge is -2.34. The number of aromatic nitrogens is 1. The van der Waals surface area contributed by atoms with Gasteiger partial charge in [0.25, 0.3) is 5.91 Å². The number of carbonyl (C=O) groups is 1. The molecular formula is C21H22FN3O. The van der Waals surface area contributed by atoms with Crippen molar-refractivity contribution in [3.63, 3.8) is 0 Å². The monoisotopic (exact) mass is 351 g/mol. The van der Waals surface area contributed by atoms with Crippen molar-refractivity contribution >= 4 is 16.8 Å². The molecule has 0 radical (unpaired) electrons. The summed E-state index contributed by atoms with van der Waals surface area (Å²) in [6.07, 6.45) is 0. The van der Waals surface area contributed by atoms with E-state index in [1.807, 2.05) is 36.2 Å². The first-order valence-electron chi connectivity index (χ1n) is 8.93. The largest absolute Gasteiger partial charge is 0.340 e. The maximum absolute atomic E-state index is 14.0. The van der Waals surface area contributed by atoms with Gasteiger partial charge in [0.1, 0.15) is 11.5 Å². The normalized spacial score (nSPS) is 15.5. The molecule has 0 aliphatic carbocycles. The minimum Gasteiger partial charge on any atom is -0.340 e. The van der Waals surface area contributed by atoms with Crippen LogP contribution in [0.1, 0.15) is 16.1 Å². The van der Waals surface area contributed by atoms with Crippen molar-refractivity contribution in [2.45, 2.75) is 6.54 Å². The van der Waals surface area contributed by atoms with Crippen molar-refractivity contribution < 1.29 is 9.18 Å². The lowest BCUT2D eigenvalue weighted by Crippen LogP contribution is -2.48. The van der Waals surface area contributed by atoms with Crippen LogP contribution in [0, 0.1) is 5.82 Å². The highest BCUT2D eigenvalue weighted by molar-refractivity contribution is 5.98. The van der Waals surface area contributed by atoms with Gasteiger partial charge in [-0.15, -0.1) is 0 Å². The first kappa shape index (κ1) is 16.8. The van der Waals surface area contributed by atoms with Crippen molar-refractivity contribution in [3.05, 3.63) is 71.7 Å². The molecule has 1 aliphatic heterocycles. The molecule has 1 amide bonds. The minimum absolute atomic E-state index is 0.0255. The molecule has 5 heteroatoms. The highest BCUT2D eigenvalue weighted by atomic mass is 19.1. The molecule has 4 rings (SSSR count). The number of hydrogen-bond donors (Lipinski definition) is 0. The average Bonchev–Trinajstić information content (AvgIpc) is 3.01. The molecule has 1 aliphatic rings. The van der Waals surface area contributed by atoms with Crippen LogP contribution in [0.25, 0.3) is 10.9 Å². The number of nitrogens with zero attached hydrogens (tertiary/aromatic N) is 3. The second-order valence-electron chi connectivity index (χ2n) is 6.82. The van der Waals surface area contributed by atoms with Gasteiger partial charge in [-0.2, -0.15) is 0 Å². The van der Waals surface area contributed by atoms with Crippen LogP contribution >= 0.6 is 0 Å². The zero-order valence-electron chi connectivity index (χ0n) is 14.9. The Bertz CT molecular complexity index is 927. The summed E-state index contributed by atoms with van der Waals surface area (Å²) >= 11 is 0. The summed E-state index contributed by atoms with van der Waals surface area (Å²) in [6, 6.07) is 17.0. The second-order valence-corrected chi connectivity index (χ2v) is 6.82. The summed E-state index contributed by atoms with van der Waals surface area (Å²) in [4.78, 5) is 17.2. The zero-order chi connectivity index (χ0) is 18.1. The second kappa shape index (κ2) is 6.92. The third-order valence-corrected chi connectivity index (χ3v) is 5.16. The Morgan fingerprint density at radius 2 is 1.73 bits per heavy atom. The predicted molar refractivity (Wildman–Crippen MR) is 100 cm³/mol. The molecule has 0 bridgehead atoms. The topological polar surface area (TPSA) is 28.5 Å². The van der Waals surface area contributed by atoms with Gasteiger partial charge in [-0.3, -0.25) is 9.69 Å². The number of rotatable bonds is 3. The maximum atomic E-state index is 14.0. The third kappa shape index (κ3) is 3.10. The van der Waals surface area contributed by atoms with Gasteiger partial charge in [0.2, 0.25) is 0 Å². The Morgan fingerprint density at radius 3 is 2.42 bits per heavy atom.